The summed E-state index contributed by atoms with van der Waals surface area (Å²) in [4.78, 5) is 27.4. The molecule has 1 N–H and O–H groups in total. The summed E-state index contributed by atoms with van der Waals surface area (Å²) in [7, 11) is 3.14. The van der Waals surface area contributed by atoms with Crippen LogP contribution in [0.1, 0.15) is 52.3 Å². The first kappa shape index (κ1) is 21.5. The molecule has 0 spiro atoms. The quantitative estimate of drug-likeness (QED) is 0.567. The van der Waals surface area contributed by atoms with Crippen LogP contribution in [0.25, 0.3) is 10.2 Å². The Morgan fingerprint density at radius 1 is 1.23 bits per heavy atom. The summed E-state index contributed by atoms with van der Waals surface area (Å²) in [5.41, 5.74) is 1.71. The van der Waals surface area contributed by atoms with Gasteiger partial charge in [-0.25, -0.2) is 9.97 Å². The van der Waals surface area contributed by atoms with Crippen LogP contribution in [-0.4, -0.2) is 41.2 Å². The highest BCUT2D eigenvalue weighted by Crippen LogP contribution is 2.35. The van der Waals surface area contributed by atoms with Crippen LogP contribution in [-0.2, 0) is 17.9 Å². The summed E-state index contributed by atoms with van der Waals surface area (Å²) in [6, 6.07) is 3.79. The molecule has 1 aliphatic rings. The van der Waals surface area contributed by atoms with E-state index in [1.54, 1.807) is 20.4 Å². The molecule has 1 amide bonds. The van der Waals surface area contributed by atoms with E-state index < -0.39 is 0 Å². The first-order chi connectivity index (χ1) is 15.1. The second kappa shape index (κ2) is 9.57. The van der Waals surface area contributed by atoms with Crippen molar-refractivity contribution in [1.29, 1.82) is 0 Å². The lowest BCUT2D eigenvalue weighted by molar-refractivity contribution is 0.0954. The minimum absolute atomic E-state index is 0.165. The molecule has 4 rings (SSSR count). The number of methoxy groups -OCH3 is 2. The van der Waals surface area contributed by atoms with Gasteiger partial charge in [0.2, 0.25) is 11.8 Å². The lowest BCUT2D eigenvalue weighted by Crippen LogP contribution is -2.22. The second-order valence-corrected chi connectivity index (χ2v) is 8.53. The number of hydrogen-bond donors (Lipinski definition) is 1. The monoisotopic (exact) mass is 442 g/mol. The Labute approximate surface area is 185 Å². The molecule has 0 atom stereocenters. The van der Waals surface area contributed by atoms with Gasteiger partial charge in [0.15, 0.2) is 5.82 Å². The van der Waals surface area contributed by atoms with E-state index in [2.05, 4.69) is 20.3 Å². The Morgan fingerprint density at radius 3 is 2.71 bits per heavy atom. The number of rotatable bonds is 8. The van der Waals surface area contributed by atoms with Crippen LogP contribution >= 0.6 is 11.3 Å². The van der Waals surface area contributed by atoms with E-state index in [9.17, 15) is 4.79 Å². The number of thiophene rings is 1. The van der Waals surface area contributed by atoms with Gasteiger partial charge in [-0.05, 0) is 43.7 Å². The highest BCUT2D eigenvalue weighted by Gasteiger charge is 2.21. The summed E-state index contributed by atoms with van der Waals surface area (Å²) in [6.07, 6.45) is 6.65. The Bertz CT molecular complexity index is 1060. The topological polar surface area (TPSA) is 95.5 Å². The second-order valence-electron chi connectivity index (χ2n) is 7.53. The van der Waals surface area contributed by atoms with Crippen molar-refractivity contribution in [1.82, 2.24) is 20.3 Å². The molecule has 3 heterocycles. The largest absolute Gasteiger partial charge is 0.480 e. The van der Waals surface area contributed by atoms with Crippen molar-refractivity contribution in [3.63, 3.8) is 0 Å². The lowest BCUT2D eigenvalue weighted by atomic mass is 10.2. The summed E-state index contributed by atoms with van der Waals surface area (Å²) < 4.78 is 16.4. The van der Waals surface area contributed by atoms with Gasteiger partial charge in [-0.15, -0.1) is 11.3 Å². The van der Waals surface area contributed by atoms with Gasteiger partial charge in [-0.3, -0.25) is 4.79 Å². The highest BCUT2D eigenvalue weighted by atomic mass is 32.1. The number of ether oxygens (including phenoxy) is 3. The summed E-state index contributed by atoms with van der Waals surface area (Å²) in [6.45, 7) is 2.53. The molecule has 0 aromatic carbocycles. The van der Waals surface area contributed by atoms with Crippen LogP contribution in [0.5, 0.6) is 11.8 Å². The third kappa shape index (κ3) is 4.77. The summed E-state index contributed by atoms with van der Waals surface area (Å²) in [5.74, 6) is 1.44. The normalized spacial score (nSPS) is 14.2. The maximum absolute atomic E-state index is 12.9. The Kier molecular flexibility index (Phi) is 6.62. The predicted molar refractivity (Wildman–Crippen MR) is 118 cm³/mol. The predicted octanol–water partition coefficient (Wildman–Crippen LogP) is 3.80. The van der Waals surface area contributed by atoms with Crippen molar-refractivity contribution < 1.29 is 19.0 Å². The van der Waals surface area contributed by atoms with Crippen molar-refractivity contribution in [3.8, 4) is 11.8 Å². The van der Waals surface area contributed by atoms with E-state index in [0.29, 0.717) is 33.8 Å². The van der Waals surface area contributed by atoms with Gasteiger partial charge < -0.3 is 19.5 Å². The smallest absolute Gasteiger partial charge is 0.261 e. The van der Waals surface area contributed by atoms with Gasteiger partial charge in [-0.1, -0.05) is 6.07 Å². The molecule has 0 unspecified atom stereocenters. The van der Waals surface area contributed by atoms with Gasteiger partial charge in [0.05, 0.1) is 17.4 Å². The molecular formula is C22H26N4O4S. The van der Waals surface area contributed by atoms with Crippen molar-refractivity contribution in [3.05, 3.63) is 40.2 Å². The van der Waals surface area contributed by atoms with E-state index >= 15 is 0 Å². The van der Waals surface area contributed by atoms with Gasteiger partial charge in [0.1, 0.15) is 17.5 Å². The van der Waals surface area contributed by atoms with Crippen LogP contribution < -0.4 is 14.8 Å². The number of pyridine rings is 1. The van der Waals surface area contributed by atoms with Crippen LogP contribution in [0.4, 0.5) is 0 Å². The van der Waals surface area contributed by atoms with Crippen LogP contribution in [0, 0.1) is 6.92 Å². The molecule has 1 saturated carbocycles. The first-order valence-electron chi connectivity index (χ1n) is 10.3. The maximum atomic E-state index is 12.9. The number of aromatic nitrogens is 3. The molecule has 164 valence electrons. The zero-order valence-electron chi connectivity index (χ0n) is 17.9. The Hall–Kier alpha value is -2.78. The third-order valence-corrected chi connectivity index (χ3v) is 6.50. The van der Waals surface area contributed by atoms with Crippen LogP contribution in [0.2, 0.25) is 0 Å². The molecule has 0 aliphatic heterocycles. The van der Waals surface area contributed by atoms with Crippen molar-refractivity contribution in [2.24, 2.45) is 0 Å². The van der Waals surface area contributed by atoms with Gasteiger partial charge in [0.25, 0.3) is 5.91 Å². The van der Waals surface area contributed by atoms with E-state index in [-0.39, 0.29) is 18.6 Å². The molecular weight excluding hydrogens is 416 g/mol. The molecule has 1 aliphatic carbocycles. The fraction of sp³-hybridized carbons (Fsp3) is 0.455. The number of amides is 1. The lowest BCUT2D eigenvalue weighted by Gasteiger charge is -2.12. The zero-order chi connectivity index (χ0) is 21.8. The van der Waals surface area contributed by atoms with Gasteiger partial charge in [-0.2, -0.15) is 4.98 Å². The highest BCUT2D eigenvalue weighted by molar-refractivity contribution is 7.20. The first-order valence-corrected chi connectivity index (χ1v) is 11.1. The Morgan fingerprint density at radius 2 is 2.03 bits per heavy atom. The van der Waals surface area contributed by atoms with E-state index in [1.165, 1.54) is 24.2 Å². The average molecular weight is 443 g/mol. The van der Waals surface area contributed by atoms with E-state index in [4.69, 9.17) is 14.2 Å². The average Bonchev–Trinajstić information content (AvgIpc) is 3.40. The SMILES string of the molecule is COCc1nc(OC)c2c(C)c(C(=O)NCc3ccc(OC4CCCC4)nc3)sc2n1. The van der Waals surface area contributed by atoms with Crippen molar-refractivity contribution in [2.45, 2.75) is 51.9 Å². The van der Waals surface area contributed by atoms with Gasteiger partial charge in [0, 0.05) is 25.9 Å². The fourth-order valence-corrected chi connectivity index (χ4v) is 4.83. The number of nitrogens with one attached hydrogen (secondary N) is 1. The molecule has 0 saturated heterocycles. The molecule has 3 aromatic heterocycles. The molecule has 3 aromatic rings. The molecule has 9 heteroatoms. The zero-order valence-corrected chi connectivity index (χ0v) is 18.8. The van der Waals surface area contributed by atoms with Gasteiger partial charge >= 0.3 is 0 Å². The number of carbonyl (C=O) groups excluding carboxylic acids is 1. The van der Waals surface area contributed by atoms with E-state index in [0.717, 1.165) is 29.4 Å². The van der Waals surface area contributed by atoms with Crippen LogP contribution in [0.3, 0.4) is 0 Å². The third-order valence-electron chi connectivity index (χ3n) is 5.32. The molecule has 0 bridgehead atoms. The van der Waals surface area contributed by atoms with Crippen LogP contribution in [0.15, 0.2) is 18.3 Å². The maximum Gasteiger partial charge on any atom is 0.261 e. The molecule has 1 fully saturated rings. The number of fused-ring (bicyclic) bond motifs is 1. The molecule has 8 nitrogen and oxygen atoms in total. The minimum atomic E-state index is -0.165. The minimum Gasteiger partial charge on any atom is -0.480 e. The molecule has 31 heavy (non-hydrogen) atoms. The van der Waals surface area contributed by atoms with Crippen molar-refractivity contribution >= 4 is 27.5 Å². The fourth-order valence-electron chi connectivity index (χ4n) is 3.73. The number of hydrogen-bond acceptors (Lipinski definition) is 8. The number of nitrogens with zero attached hydrogens (tertiary/aromatic N) is 3. The molecule has 0 radical (unpaired) electrons. The standard InChI is InChI=1S/C22H26N4O4S/c1-13-18-21(29-3)25-16(12-28-2)26-22(18)31-19(13)20(27)24-11-14-8-9-17(23-10-14)30-15-6-4-5-7-15/h8-10,15H,4-7,11-12H2,1-3H3,(H,24,27). The Balaban J connectivity index is 1.45. The van der Waals surface area contributed by atoms with Crippen molar-refractivity contribution in [2.75, 3.05) is 14.2 Å². The van der Waals surface area contributed by atoms with E-state index in [1.807, 2.05) is 19.1 Å². The summed E-state index contributed by atoms with van der Waals surface area (Å²) >= 11 is 1.32. The number of aryl methyl sites for hydroxylation is 1. The number of carbonyl (C=O) groups is 1. The summed E-state index contributed by atoms with van der Waals surface area (Å²) in [5, 5.41) is 3.72.